The maximum Gasteiger partial charge on any atom is 0.416 e. The zero-order valence-electron chi connectivity index (χ0n) is 15.6. The van der Waals surface area contributed by atoms with Crippen LogP contribution in [0.4, 0.5) is 18.9 Å². The highest BCUT2D eigenvalue weighted by atomic mass is 79.9. The number of amides is 1. The number of benzene rings is 2. The van der Waals surface area contributed by atoms with Gasteiger partial charge in [0.05, 0.1) is 5.56 Å². The number of rotatable bonds is 2. The van der Waals surface area contributed by atoms with Crippen LogP contribution in [0.15, 0.2) is 62.2 Å². The topological polar surface area (TPSA) is 53.8 Å². The first-order valence-corrected chi connectivity index (χ1v) is 9.96. The quantitative estimate of drug-likeness (QED) is 0.505. The average molecular weight is 481 g/mol. The van der Waals surface area contributed by atoms with Crippen LogP contribution < -0.4 is 10.5 Å². The molecule has 2 heterocycles. The van der Waals surface area contributed by atoms with Crippen molar-refractivity contribution in [2.75, 3.05) is 31.1 Å². The van der Waals surface area contributed by atoms with Crippen LogP contribution in [0.2, 0.25) is 0 Å². The van der Waals surface area contributed by atoms with Crippen molar-refractivity contribution in [3.8, 4) is 0 Å². The van der Waals surface area contributed by atoms with Crippen LogP contribution in [0.5, 0.6) is 0 Å². The van der Waals surface area contributed by atoms with Gasteiger partial charge in [-0.05, 0) is 42.5 Å². The van der Waals surface area contributed by atoms with Crippen LogP contribution >= 0.6 is 15.9 Å². The summed E-state index contributed by atoms with van der Waals surface area (Å²) in [6.07, 6.45) is -4.41. The van der Waals surface area contributed by atoms with Gasteiger partial charge in [-0.1, -0.05) is 22.0 Å². The molecule has 0 N–H and O–H groups in total. The Hall–Kier alpha value is -2.81. The van der Waals surface area contributed by atoms with Gasteiger partial charge < -0.3 is 14.2 Å². The minimum absolute atomic E-state index is 0.0619. The van der Waals surface area contributed by atoms with E-state index in [-0.39, 0.29) is 18.7 Å². The minimum Gasteiger partial charge on any atom is -0.422 e. The summed E-state index contributed by atoms with van der Waals surface area (Å²) in [4.78, 5) is 28.4. The van der Waals surface area contributed by atoms with Crippen molar-refractivity contribution >= 4 is 38.5 Å². The number of hydrogen-bond acceptors (Lipinski definition) is 4. The molecule has 5 nitrogen and oxygen atoms in total. The summed E-state index contributed by atoms with van der Waals surface area (Å²) < 4.78 is 44.9. The molecule has 1 fully saturated rings. The number of carbonyl (C=O) groups excluding carboxylic acids is 1. The van der Waals surface area contributed by atoms with Crippen LogP contribution in [-0.4, -0.2) is 37.0 Å². The summed E-state index contributed by atoms with van der Waals surface area (Å²) in [6, 6.07) is 11.8. The maximum absolute atomic E-state index is 13.0. The second-order valence-corrected chi connectivity index (χ2v) is 7.87. The van der Waals surface area contributed by atoms with Gasteiger partial charge >= 0.3 is 11.8 Å². The van der Waals surface area contributed by atoms with E-state index in [1.165, 1.54) is 17.0 Å². The summed E-state index contributed by atoms with van der Waals surface area (Å²) in [5, 5.41) is 0.620. The molecule has 2 aromatic carbocycles. The molecular formula is C21H16BrF3N2O3. The smallest absolute Gasteiger partial charge is 0.416 e. The second kappa shape index (κ2) is 7.79. The Balaban J connectivity index is 1.51. The highest BCUT2D eigenvalue weighted by molar-refractivity contribution is 9.10. The molecule has 0 unspecified atom stereocenters. The Labute approximate surface area is 177 Å². The highest BCUT2D eigenvalue weighted by Crippen LogP contribution is 2.32. The summed E-state index contributed by atoms with van der Waals surface area (Å²) >= 11 is 3.34. The SMILES string of the molecule is O=C(c1cc2cc(Br)ccc2oc1=O)N1CCN(c2cccc(C(F)(F)F)c2)CC1. The molecule has 0 spiro atoms. The normalized spacial score (nSPS) is 14.9. The number of hydrogen-bond donors (Lipinski definition) is 0. The lowest BCUT2D eigenvalue weighted by Crippen LogP contribution is -2.49. The van der Waals surface area contributed by atoms with Gasteiger partial charge in [0, 0.05) is 41.7 Å². The van der Waals surface area contributed by atoms with E-state index in [2.05, 4.69) is 15.9 Å². The van der Waals surface area contributed by atoms with Crippen molar-refractivity contribution < 1.29 is 22.4 Å². The molecule has 156 valence electrons. The molecule has 1 aliphatic heterocycles. The lowest BCUT2D eigenvalue weighted by molar-refractivity contribution is -0.137. The van der Waals surface area contributed by atoms with Gasteiger partial charge in [-0.25, -0.2) is 4.79 Å². The van der Waals surface area contributed by atoms with Crippen molar-refractivity contribution in [1.29, 1.82) is 0 Å². The molecule has 1 aromatic heterocycles. The third-order valence-electron chi connectivity index (χ3n) is 5.03. The molecule has 1 aliphatic rings. The lowest BCUT2D eigenvalue weighted by Gasteiger charge is -2.36. The zero-order chi connectivity index (χ0) is 21.5. The Kier molecular flexibility index (Phi) is 5.31. The van der Waals surface area contributed by atoms with Crippen LogP contribution in [0.25, 0.3) is 11.0 Å². The molecule has 3 aromatic rings. The predicted molar refractivity (Wildman–Crippen MR) is 110 cm³/mol. The summed E-state index contributed by atoms with van der Waals surface area (Å²) in [6.45, 7) is 1.28. The molecule has 0 atom stereocenters. The number of piperazine rings is 1. The first-order valence-electron chi connectivity index (χ1n) is 9.17. The van der Waals surface area contributed by atoms with E-state index in [1.807, 2.05) is 0 Å². The fraction of sp³-hybridized carbons (Fsp3) is 0.238. The summed E-state index contributed by atoms with van der Waals surface area (Å²) in [5.74, 6) is -0.450. The second-order valence-electron chi connectivity index (χ2n) is 6.96. The van der Waals surface area contributed by atoms with Gasteiger partial charge in [0.1, 0.15) is 11.1 Å². The van der Waals surface area contributed by atoms with Gasteiger partial charge in [-0.3, -0.25) is 4.79 Å². The molecule has 0 radical (unpaired) electrons. The van der Waals surface area contributed by atoms with Crippen molar-refractivity contribution in [1.82, 2.24) is 4.90 Å². The Morgan fingerprint density at radius 3 is 2.43 bits per heavy atom. The molecule has 9 heteroatoms. The Bertz CT molecular complexity index is 1170. The first-order chi connectivity index (χ1) is 14.2. The van der Waals surface area contributed by atoms with Crippen LogP contribution in [0, 0.1) is 0 Å². The first kappa shape index (κ1) is 20.5. The van der Waals surface area contributed by atoms with E-state index < -0.39 is 23.3 Å². The molecule has 1 saturated heterocycles. The van der Waals surface area contributed by atoms with Crippen molar-refractivity contribution in [2.24, 2.45) is 0 Å². The van der Waals surface area contributed by atoms with E-state index in [0.29, 0.717) is 29.7 Å². The fourth-order valence-electron chi connectivity index (χ4n) is 3.46. The number of alkyl halides is 3. The van der Waals surface area contributed by atoms with Gasteiger partial charge in [0.25, 0.3) is 5.91 Å². The van der Waals surface area contributed by atoms with Gasteiger partial charge in [0.15, 0.2) is 0 Å². The molecule has 0 saturated carbocycles. The molecule has 0 bridgehead atoms. The van der Waals surface area contributed by atoms with E-state index >= 15 is 0 Å². The molecule has 30 heavy (non-hydrogen) atoms. The van der Waals surface area contributed by atoms with Gasteiger partial charge in [-0.2, -0.15) is 13.2 Å². The van der Waals surface area contributed by atoms with E-state index in [0.717, 1.165) is 16.6 Å². The zero-order valence-corrected chi connectivity index (χ0v) is 17.2. The van der Waals surface area contributed by atoms with Crippen LogP contribution in [0.1, 0.15) is 15.9 Å². The van der Waals surface area contributed by atoms with Gasteiger partial charge in [0.2, 0.25) is 0 Å². The summed E-state index contributed by atoms with van der Waals surface area (Å²) in [5.41, 5.74) is -0.650. The van der Waals surface area contributed by atoms with Crippen LogP contribution in [-0.2, 0) is 6.18 Å². The number of carbonyl (C=O) groups is 1. The standard InChI is InChI=1S/C21H16BrF3N2O3/c22-15-4-5-18-13(10-15)11-17(20(29)30-18)19(28)27-8-6-26(7-9-27)16-3-1-2-14(12-16)21(23,24)25/h1-5,10-12H,6-9H2. The van der Waals surface area contributed by atoms with E-state index in [9.17, 15) is 22.8 Å². The predicted octanol–water partition coefficient (Wildman–Crippen LogP) is 4.54. The number of anilines is 1. The number of fused-ring (bicyclic) bond motifs is 1. The van der Waals surface area contributed by atoms with Gasteiger partial charge in [-0.15, -0.1) is 0 Å². The lowest BCUT2D eigenvalue weighted by atomic mass is 10.1. The third kappa shape index (κ3) is 4.07. The Morgan fingerprint density at radius 2 is 1.73 bits per heavy atom. The van der Waals surface area contributed by atoms with Crippen LogP contribution in [0.3, 0.4) is 0 Å². The summed E-state index contributed by atoms with van der Waals surface area (Å²) in [7, 11) is 0. The molecular weight excluding hydrogens is 465 g/mol. The van der Waals surface area contributed by atoms with Crippen molar-refractivity contribution in [2.45, 2.75) is 6.18 Å². The van der Waals surface area contributed by atoms with E-state index in [1.54, 1.807) is 29.2 Å². The maximum atomic E-state index is 13.0. The highest BCUT2D eigenvalue weighted by Gasteiger charge is 2.31. The molecule has 1 amide bonds. The molecule has 4 rings (SSSR count). The number of nitrogens with zero attached hydrogens (tertiary/aromatic N) is 2. The molecule has 0 aliphatic carbocycles. The average Bonchev–Trinajstić information content (AvgIpc) is 2.73. The number of halogens is 4. The largest absolute Gasteiger partial charge is 0.422 e. The third-order valence-corrected chi connectivity index (χ3v) is 5.52. The van der Waals surface area contributed by atoms with E-state index in [4.69, 9.17) is 4.42 Å². The monoisotopic (exact) mass is 480 g/mol. The Morgan fingerprint density at radius 1 is 1.00 bits per heavy atom. The fourth-order valence-corrected chi connectivity index (χ4v) is 3.84. The van der Waals surface area contributed by atoms with Crippen molar-refractivity contribution in [3.05, 3.63) is 74.6 Å². The minimum atomic E-state index is -4.41. The van der Waals surface area contributed by atoms with Crippen molar-refractivity contribution in [3.63, 3.8) is 0 Å².